The van der Waals surface area contributed by atoms with Crippen molar-refractivity contribution >= 4 is 18.0 Å². The fourth-order valence-corrected chi connectivity index (χ4v) is 1.56. The molecule has 0 bridgehead atoms. The minimum atomic E-state index is 0.525. The molecule has 1 rings (SSSR count). The third kappa shape index (κ3) is 3.91. The van der Waals surface area contributed by atoms with E-state index in [4.69, 9.17) is 4.42 Å². The first-order chi connectivity index (χ1) is 6.86. The van der Waals surface area contributed by atoms with Gasteiger partial charge in [0.25, 0.3) is 5.22 Å². The minimum absolute atomic E-state index is 0.525. The Morgan fingerprint density at radius 2 is 2.36 bits per heavy atom. The number of rotatable bonds is 7. The van der Waals surface area contributed by atoms with Crippen LogP contribution in [0, 0.1) is 0 Å². The SMILES string of the molecule is CCCCc1nnc(SCCC=O)o1. The average Bonchev–Trinajstić information content (AvgIpc) is 2.63. The number of aryl methyl sites for hydroxylation is 1. The van der Waals surface area contributed by atoms with Crippen molar-refractivity contribution in [1.82, 2.24) is 10.2 Å². The Balaban J connectivity index is 2.31. The van der Waals surface area contributed by atoms with Crippen molar-refractivity contribution in [1.29, 1.82) is 0 Å². The predicted octanol–water partition coefficient (Wildman–Crippen LogP) is 2.09. The zero-order chi connectivity index (χ0) is 10.2. The third-order valence-electron chi connectivity index (χ3n) is 1.65. The quantitative estimate of drug-likeness (QED) is 0.395. The number of hydrogen-bond donors (Lipinski definition) is 0. The topological polar surface area (TPSA) is 56.0 Å². The summed E-state index contributed by atoms with van der Waals surface area (Å²) in [7, 11) is 0. The van der Waals surface area contributed by atoms with E-state index >= 15 is 0 Å². The van der Waals surface area contributed by atoms with Gasteiger partial charge in [0.05, 0.1) is 0 Å². The second kappa shape index (κ2) is 6.59. The average molecular weight is 214 g/mol. The highest BCUT2D eigenvalue weighted by Gasteiger charge is 2.05. The van der Waals surface area contributed by atoms with Crippen molar-refractivity contribution in [2.45, 2.75) is 37.8 Å². The Labute approximate surface area is 87.5 Å². The van der Waals surface area contributed by atoms with Gasteiger partial charge < -0.3 is 9.21 Å². The van der Waals surface area contributed by atoms with E-state index in [1.807, 2.05) is 0 Å². The molecule has 0 N–H and O–H groups in total. The maximum absolute atomic E-state index is 10.1. The van der Waals surface area contributed by atoms with Crippen molar-refractivity contribution in [3.63, 3.8) is 0 Å². The van der Waals surface area contributed by atoms with Crippen LogP contribution in [0.3, 0.4) is 0 Å². The third-order valence-corrected chi connectivity index (χ3v) is 2.51. The zero-order valence-electron chi connectivity index (χ0n) is 8.23. The number of hydrogen-bond acceptors (Lipinski definition) is 5. The van der Waals surface area contributed by atoms with Gasteiger partial charge in [-0.2, -0.15) is 0 Å². The zero-order valence-corrected chi connectivity index (χ0v) is 9.05. The second-order valence-electron chi connectivity index (χ2n) is 2.87. The number of unbranched alkanes of at least 4 members (excludes halogenated alkanes) is 1. The minimum Gasteiger partial charge on any atom is -0.416 e. The first-order valence-corrected chi connectivity index (χ1v) is 5.74. The Morgan fingerprint density at radius 1 is 1.50 bits per heavy atom. The largest absolute Gasteiger partial charge is 0.416 e. The molecule has 1 heterocycles. The summed E-state index contributed by atoms with van der Waals surface area (Å²) in [4.78, 5) is 10.1. The molecule has 4 nitrogen and oxygen atoms in total. The highest BCUT2D eigenvalue weighted by molar-refractivity contribution is 7.99. The molecule has 0 spiro atoms. The lowest BCUT2D eigenvalue weighted by Crippen LogP contribution is -1.83. The first-order valence-electron chi connectivity index (χ1n) is 4.75. The number of carbonyl (C=O) groups is 1. The molecule has 0 unspecified atom stereocenters. The summed E-state index contributed by atoms with van der Waals surface area (Å²) in [5.41, 5.74) is 0. The van der Waals surface area contributed by atoms with Gasteiger partial charge >= 0.3 is 0 Å². The summed E-state index contributed by atoms with van der Waals surface area (Å²) in [5, 5.41) is 8.35. The molecule has 14 heavy (non-hydrogen) atoms. The summed E-state index contributed by atoms with van der Waals surface area (Å²) < 4.78 is 5.36. The molecule has 0 aliphatic rings. The van der Waals surface area contributed by atoms with Gasteiger partial charge in [0.2, 0.25) is 5.89 Å². The van der Waals surface area contributed by atoms with Gasteiger partial charge in [-0.05, 0) is 6.42 Å². The number of aromatic nitrogens is 2. The van der Waals surface area contributed by atoms with E-state index in [0.29, 0.717) is 23.3 Å². The molecule has 0 atom stereocenters. The molecule has 0 aliphatic heterocycles. The van der Waals surface area contributed by atoms with Crippen LogP contribution in [-0.4, -0.2) is 22.2 Å². The Hall–Kier alpha value is -0.840. The molecule has 0 aliphatic carbocycles. The fourth-order valence-electron chi connectivity index (χ4n) is 0.920. The summed E-state index contributed by atoms with van der Waals surface area (Å²) in [5.74, 6) is 1.40. The molecule has 0 saturated heterocycles. The van der Waals surface area contributed by atoms with Crippen LogP contribution in [-0.2, 0) is 11.2 Å². The van der Waals surface area contributed by atoms with Crippen LogP contribution in [0.1, 0.15) is 32.1 Å². The first kappa shape index (κ1) is 11.2. The molecule has 1 aromatic heterocycles. The highest BCUT2D eigenvalue weighted by Crippen LogP contribution is 2.17. The van der Waals surface area contributed by atoms with Gasteiger partial charge in [-0.3, -0.25) is 0 Å². The Bertz CT molecular complexity index is 276. The van der Waals surface area contributed by atoms with E-state index in [9.17, 15) is 4.79 Å². The predicted molar refractivity (Wildman–Crippen MR) is 54.3 cm³/mol. The normalized spacial score (nSPS) is 10.4. The van der Waals surface area contributed by atoms with Crippen molar-refractivity contribution < 1.29 is 9.21 Å². The number of carbonyl (C=O) groups excluding carboxylic acids is 1. The van der Waals surface area contributed by atoms with Gasteiger partial charge in [-0.25, -0.2) is 0 Å². The Morgan fingerprint density at radius 3 is 3.07 bits per heavy atom. The second-order valence-corrected chi connectivity index (χ2v) is 3.92. The van der Waals surface area contributed by atoms with Crippen molar-refractivity contribution in [2.75, 3.05) is 5.75 Å². The highest BCUT2D eigenvalue weighted by atomic mass is 32.2. The number of nitrogens with zero attached hydrogens (tertiary/aromatic N) is 2. The van der Waals surface area contributed by atoms with Gasteiger partial charge in [-0.1, -0.05) is 25.1 Å². The van der Waals surface area contributed by atoms with Gasteiger partial charge in [0.1, 0.15) is 6.29 Å². The van der Waals surface area contributed by atoms with Crippen molar-refractivity contribution in [2.24, 2.45) is 0 Å². The lowest BCUT2D eigenvalue weighted by Gasteiger charge is -1.90. The maximum Gasteiger partial charge on any atom is 0.276 e. The summed E-state index contributed by atoms with van der Waals surface area (Å²) in [6.45, 7) is 2.12. The molecular weight excluding hydrogens is 200 g/mol. The van der Waals surface area contributed by atoms with Gasteiger partial charge in [-0.15, -0.1) is 10.2 Å². The summed E-state index contributed by atoms with van der Waals surface area (Å²) in [6.07, 6.45) is 4.45. The summed E-state index contributed by atoms with van der Waals surface area (Å²) in [6, 6.07) is 0. The van der Waals surface area contributed by atoms with Crippen LogP contribution >= 0.6 is 11.8 Å². The van der Waals surface area contributed by atoms with E-state index in [1.54, 1.807) is 0 Å². The van der Waals surface area contributed by atoms with E-state index in [2.05, 4.69) is 17.1 Å². The van der Waals surface area contributed by atoms with E-state index < -0.39 is 0 Å². The van der Waals surface area contributed by atoms with E-state index in [-0.39, 0.29) is 0 Å². The monoisotopic (exact) mass is 214 g/mol. The molecule has 5 heteroatoms. The van der Waals surface area contributed by atoms with Gasteiger partial charge in [0.15, 0.2) is 0 Å². The number of thioether (sulfide) groups is 1. The van der Waals surface area contributed by atoms with Crippen LogP contribution in [0.15, 0.2) is 9.64 Å². The molecular formula is C9H14N2O2S. The van der Waals surface area contributed by atoms with Gasteiger partial charge in [0, 0.05) is 18.6 Å². The Kier molecular flexibility index (Phi) is 5.29. The smallest absolute Gasteiger partial charge is 0.276 e. The van der Waals surface area contributed by atoms with Crippen LogP contribution in [0.4, 0.5) is 0 Å². The molecule has 0 fully saturated rings. The van der Waals surface area contributed by atoms with E-state index in [0.717, 1.165) is 25.5 Å². The maximum atomic E-state index is 10.1. The molecule has 0 radical (unpaired) electrons. The van der Waals surface area contributed by atoms with Crippen molar-refractivity contribution in [3.8, 4) is 0 Å². The van der Waals surface area contributed by atoms with Crippen molar-refractivity contribution in [3.05, 3.63) is 5.89 Å². The summed E-state index contributed by atoms with van der Waals surface area (Å²) >= 11 is 1.43. The number of aldehydes is 1. The van der Waals surface area contributed by atoms with Crippen LogP contribution in [0.5, 0.6) is 0 Å². The fraction of sp³-hybridized carbons (Fsp3) is 0.667. The van der Waals surface area contributed by atoms with E-state index in [1.165, 1.54) is 11.8 Å². The lowest BCUT2D eigenvalue weighted by molar-refractivity contribution is -0.107. The lowest BCUT2D eigenvalue weighted by atomic mass is 10.2. The van der Waals surface area contributed by atoms with Crippen LogP contribution in [0.25, 0.3) is 0 Å². The standard InChI is InChI=1S/C9H14N2O2S/c1-2-3-5-8-10-11-9(13-8)14-7-4-6-12/h6H,2-5,7H2,1H3. The molecule has 78 valence electrons. The molecule has 0 saturated carbocycles. The molecule has 0 aromatic carbocycles. The van der Waals surface area contributed by atoms with Crippen LogP contribution in [0.2, 0.25) is 0 Å². The van der Waals surface area contributed by atoms with Crippen LogP contribution < -0.4 is 0 Å². The molecule has 0 amide bonds. The molecule has 1 aromatic rings.